The van der Waals surface area contributed by atoms with Crippen LogP contribution in [0.4, 0.5) is 5.13 Å². The van der Waals surface area contributed by atoms with Gasteiger partial charge in [-0.15, -0.1) is 0 Å². The van der Waals surface area contributed by atoms with Crippen molar-refractivity contribution in [2.24, 2.45) is 0 Å². The molecule has 1 aliphatic rings. The number of carbonyl (C=O) groups is 1. The van der Waals surface area contributed by atoms with Crippen LogP contribution in [0.25, 0.3) is 16.3 Å². The molecular weight excluding hydrogens is 383 g/mol. The molecule has 1 amide bonds. The van der Waals surface area contributed by atoms with E-state index in [4.69, 9.17) is 32.7 Å². The van der Waals surface area contributed by atoms with Gasteiger partial charge in [0.2, 0.25) is 12.7 Å². The highest BCUT2D eigenvalue weighted by Crippen LogP contribution is 2.36. The first-order valence-electron chi connectivity index (χ1n) is 7.23. The quantitative estimate of drug-likeness (QED) is 0.638. The summed E-state index contributed by atoms with van der Waals surface area (Å²) >= 11 is 13.5. The van der Waals surface area contributed by atoms with Crippen molar-refractivity contribution in [3.05, 3.63) is 52.0 Å². The van der Waals surface area contributed by atoms with Gasteiger partial charge >= 0.3 is 0 Å². The maximum Gasteiger partial charge on any atom is 0.250 e. The summed E-state index contributed by atoms with van der Waals surface area (Å²) in [6.07, 6.45) is 3.11. The smallest absolute Gasteiger partial charge is 0.250 e. The number of carbonyl (C=O) groups excluding carboxylic acids is 1. The topological polar surface area (TPSA) is 60.5 Å². The molecule has 126 valence electrons. The maximum atomic E-state index is 12.1. The number of anilines is 1. The van der Waals surface area contributed by atoms with Gasteiger partial charge in [-0.3, -0.25) is 10.1 Å². The van der Waals surface area contributed by atoms with E-state index in [9.17, 15) is 4.79 Å². The molecule has 25 heavy (non-hydrogen) atoms. The number of amides is 1. The molecule has 1 aliphatic heterocycles. The molecule has 0 saturated heterocycles. The molecule has 0 atom stereocenters. The third-order valence-corrected chi connectivity index (χ3v) is 5.24. The number of ether oxygens (including phenoxy) is 2. The highest BCUT2D eigenvalue weighted by Gasteiger charge is 2.13. The predicted molar refractivity (Wildman–Crippen MR) is 99.9 cm³/mol. The minimum atomic E-state index is -0.302. The summed E-state index contributed by atoms with van der Waals surface area (Å²) in [5.74, 6) is 1.06. The Labute approximate surface area is 156 Å². The minimum Gasteiger partial charge on any atom is -0.454 e. The fourth-order valence-corrected chi connectivity index (χ4v) is 3.76. The van der Waals surface area contributed by atoms with Gasteiger partial charge in [0.15, 0.2) is 16.6 Å². The van der Waals surface area contributed by atoms with Crippen LogP contribution < -0.4 is 14.8 Å². The van der Waals surface area contributed by atoms with Crippen molar-refractivity contribution in [3.8, 4) is 11.5 Å². The Kier molecular flexibility index (Phi) is 4.25. The molecule has 0 aliphatic carbocycles. The predicted octanol–water partition coefficient (Wildman–Crippen LogP) is 4.98. The molecule has 0 fully saturated rings. The maximum absolute atomic E-state index is 12.1. The SMILES string of the molecule is O=C(/C=C/c1ccc2c(c1)OCO2)Nc1nc2c(Cl)ccc(Cl)c2s1. The monoisotopic (exact) mass is 392 g/mol. The van der Waals surface area contributed by atoms with Crippen molar-refractivity contribution in [1.29, 1.82) is 0 Å². The number of hydrogen-bond acceptors (Lipinski definition) is 5. The standard InChI is InChI=1S/C17H10Cl2N2O3S/c18-10-3-4-11(19)16-15(10)21-17(25-16)20-14(22)6-2-9-1-5-12-13(7-9)24-8-23-12/h1-7H,8H2,(H,20,21,22)/b6-2+. The lowest BCUT2D eigenvalue weighted by molar-refractivity contribution is -0.111. The summed E-state index contributed by atoms with van der Waals surface area (Å²) in [4.78, 5) is 16.4. The molecular formula is C17H10Cl2N2O3S. The van der Waals surface area contributed by atoms with Crippen molar-refractivity contribution in [3.63, 3.8) is 0 Å². The van der Waals surface area contributed by atoms with E-state index in [-0.39, 0.29) is 12.7 Å². The third kappa shape index (κ3) is 3.28. The fourth-order valence-electron chi connectivity index (χ4n) is 2.33. The molecule has 8 heteroatoms. The number of hydrogen-bond donors (Lipinski definition) is 1. The second kappa shape index (κ2) is 6.55. The van der Waals surface area contributed by atoms with Crippen LogP contribution in [0.2, 0.25) is 10.0 Å². The van der Waals surface area contributed by atoms with Crippen LogP contribution in [0.3, 0.4) is 0 Å². The van der Waals surface area contributed by atoms with E-state index in [1.54, 1.807) is 24.3 Å². The Morgan fingerprint density at radius 3 is 2.80 bits per heavy atom. The first-order chi connectivity index (χ1) is 12.1. The van der Waals surface area contributed by atoms with E-state index in [2.05, 4.69) is 10.3 Å². The van der Waals surface area contributed by atoms with Crippen LogP contribution in [0.15, 0.2) is 36.4 Å². The van der Waals surface area contributed by atoms with Gasteiger partial charge in [0.25, 0.3) is 0 Å². The number of benzene rings is 2. The van der Waals surface area contributed by atoms with Gasteiger partial charge in [-0.2, -0.15) is 0 Å². The third-order valence-electron chi connectivity index (χ3n) is 3.50. The van der Waals surface area contributed by atoms with Gasteiger partial charge in [0.05, 0.1) is 14.7 Å². The van der Waals surface area contributed by atoms with Crippen LogP contribution in [0.5, 0.6) is 11.5 Å². The average molecular weight is 393 g/mol. The lowest BCUT2D eigenvalue weighted by atomic mass is 10.2. The Morgan fingerprint density at radius 2 is 1.96 bits per heavy atom. The number of thiazole rings is 1. The van der Waals surface area contributed by atoms with Gasteiger partial charge in [-0.1, -0.05) is 40.6 Å². The fraction of sp³-hybridized carbons (Fsp3) is 0.0588. The molecule has 0 spiro atoms. The lowest BCUT2D eigenvalue weighted by Crippen LogP contribution is -2.07. The van der Waals surface area contributed by atoms with Crippen LogP contribution >= 0.6 is 34.5 Å². The number of fused-ring (bicyclic) bond motifs is 2. The van der Waals surface area contributed by atoms with Crippen molar-refractivity contribution in [2.75, 3.05) is 12.1 Å². The van der Waals surface area contributed by atoms with E-state index in [1.807, 2.05) is 12.1 Å². The Balaban J connectivity index is 1.50. The molecule has 4 rings (SSSR count). The zero-order chi connectivity index (χ0) is 17.4. The first-order valence-corrected chi connectivity index (χ1v) is 8.80. The van der Waals surface area contributed by atoms with Crippen molar-refractivity contribution in [1.82, 2.24) is 4.98 Å². The zero-order valence-electron chi connectivity index (χ0n) is 12.6. The molecule has 2 heterocycles. The van der Waals surface area contributed by atoms with Gasteiger partial charge in [0, 0.05) is 6.08 Å². The van der Waals surface area contributed by atoms with Gasteiger partial charge < -0.3 is 9.47 Å². The van der Waals surface area contributed by atoms with E-state index < -0.39 is 0 Å². The van der Waals surface area contributed by atoms with E-state index in [0.29, 0.717) is 32.2 Å². The Hall–Kier alpha value is -2.28. The first kappa shape index (κ1) is 16.2. The van der Waals surface area contributed by atoms with E-state index in [0.717, 1.165) is 10.3 Å². The minimum absolute atomic E-state index is 0.214. The van der Waals surface area contributed by atoms with E-state index >= 15 is 0 Å². The average Bonchev–Trinajstić information content (AvgIpc) is 3.23. The molecule has 1 N–H and O–H groups in total. The number of aromatic nitrogens is 1. The summed E-state index contributed by atoms with van der Waals surface area (Å²) in [6, 6.07) is 8.84. The lowest BCUT2D eigenvalue weighted by Gasteiger charge is -1.98. The van der Waals surface area contributed by atoms with Gasteiger partial charge in [-0.25, -0.2) is 4.98 Å². The summed E-state index contributed by atoms with van der Waals surface area (Å²) in [5, 5.41) is 4.19. The van der Waals surface area contributed by atoms with Gasteiger partial charge in [0.1, 0.15) is 5.52 Å². The number of nitrogens with zero attached hydrogens (tertiary/aromatic N) is 1. The summed E-state index contributed by atoms with van der Waals surface area (Å²) < 4.78 is 11.3. The highest BCUT2D eigenvalue weighted by atomic mass is 35.5. The molecule has 0 saturated carbocycles. The normalized spacial score (nSPS) is 12.9. The molecule has 3 aromatic rings. The Bertz CT molecular complexity index is 978. The largest absolute Gasteiger partial charge is 0.454 e. The van der Waals surface area contributed by atoms with Crippen LogP contribution in [0.1, 0.15) is 5.56 Å². The van der Waals surface area contributed by atoms with E-state index in [1.165, 1.54) is 17.4 Å². The summed E-state index contributed by atoms with van der Waals surface area (Å²) in [7, 11) is 0. The molecule has 5 nitrogen and oxygen atoms in total. The van der Waals surface area contributed by atoms with Crippen LogP contribution in [0, 0.1) is 0 Å². The van der Waals surface area contributed by atoms with Crippen LogP contribution in [-0.4, -0.2) is 17.7 Å². The zero-order valence-corrected chi connectivity index (χ0v) is 14.9. The van der Waals surface area contributed by atoms with Crippen LogP contribution in [-0.2, 0) is 4.79 Å². The number of halogens is 2. The number of nitrogens with one attached hydrogen (secondary N) is 1. The molecule has 0 bridgehead atoms. The Morgan fingerprint density at radius 1 is 1.16 bits per heavy atom. The molecule has 0 unspecified atom stereocenters. The molecule has 1 aromatic heterocycles. The van der Waals surface area contributed by atoms with Crippen molar-refractivity contribution < 1.29 is 14.3 Å². The van der Waals surface area contributed by atoms with Gasteiger partial charge in [-0.05, 0) is 35.9 Å². The number of rotatable bonds is 3. The van der Waals surface area contributed by atoms with Crippen molar-refractivity contribution in [2.45, 2.75) is 0 Å². The molecule has 2 aromatic carbocycles. The highest BCUT2D eigenvalue weighted by molar-refractivity contribution is 7.23. The summed E-state index contributed by atoms with van der Waals surface area (Å²) in [5.41, 5.74) is 1.41. The second-order valence-corrected chi connectivity index (χ2v) is 6.97. The summed E-state index contributed by atoms with van der Waals surface area (Å²) in [6.45, 7) is 0.214. The second-order valence-electron chi connectivity index (χ2n) is 5.16. The van der Waals surface area contributed by atoms with Crippen molar-refractivity contribution >= 4 is 61.9 Å². The molecule has 0 radical (unpaired) electrons.